The lowest BCUT2D eigenvalue weighted by molar-refractivity contribution is -0.121. The van der Waals surface area contributed by atoms with Crippen LogP contribution < -0.4 is 0 Å². The second kappa shape index (κ2) is 5.29. The highest BCUT2D eigenvalue weighted by Gasteiger charge is 2.43. The number of Topliss-reactive ketones (excluding diaryl/α,β-unsaturated/α-hetero) is 1. The first-order chi connectivity index (χ1) is 9.02. The van der Waals surface area contributed by atoms with E-state index in [1.807, 2.05) is 0 Å². The minimum absolute atomic E-state index is 0.337. The third-order valence-corrected chi connectivity index (χ3v) is 5.24. The number of nitriles is 1. The van der Waals surface area contributed by atoms with E-state index in [2.05, 4.69) is 0 Å². The molecular formula is C13H13F2NO3S. The molecule has 7 heteroatoms. The molecule has 108 valence electrons. The number of rotatable bonds is 4. The maximum absolute atomic E-state index is 13.6. The first-order valence-corrected chi connectivity index (χ1v) is 7.50. The van der Waals surface area contributed by atoms with Crippen molar-refractivity contribution in [3.05, 3.63) is 35.4 Å². The maximum Gasteiger partial charge on any atom is 0.175 e. The monoisotopic (exact) mass is 301 g/mol. The van der Waals surface area contributed by atoms with Crippen molar-refractivity contribution < 1.29 is 22.0 Å². The molecule has 0 aromatic heterocycles. The molecule has 0 bridgehead atoms. The van der Waals surface area contributed by atoms with Crippen molar-refractivity contribution >= 4 is 15.6 Å². The number of carbonyl (C=O) groups excluding carboxylic acids is 1. The first kappa shape index (κ1) is 16.2. The van der Waals surface area contributed by atoms with Gasteiger partial charge in [-0.3, -0.25) is 4.79 Å². The molecule has 0 aliphatic carbocycles. The summed E-state index contributed by atoms with van der Waals surface area (Å²) in [6, 6.07) is 4.00. The van der Waals surface area contributed by atoms with Crippen molar-refractivity contribution in [3.8, 4) is 6.07 Å². The van der Waals surface area contributed by atoms with E-state index in [1.165, 1.54) is 0 Å². The standard InChI is InChI=1S/C13H13F2NO3S/c1-13(2,20(3,18)19)12(17)10(7-16)9-5-4-8(14)6-11(9)15/h4-6,10H,1-3H3. The molecule has 0 radical (unpaired) electrons. The molecule has 0 amide bonds. The van der Waals surface area contributed by atoms with Crippen LogP contribution in [0.25, 0.3) is 0 Å². The first-order valence-electron chi connectivity index (χ1n) is 5.61. The Kier molecular flexibility index (Phi) is 4.30. The summed E-state index contributed by atoms with van der Waals surface area (Å²) in [5, 5.41) is 9.05. The van der Waals surface area contributed by atoms with Crippen molar-refractivity contribution in [2.75, 3.05) is 6.26 Å². The van der Waals surface area contributed by atoms with Crippen LogP contribution in [0.15, 0.2) is 18.2 Å². The van der Waals surface area contributed by atoms with Gasteiger partial charge in [0, 0.05) is 17.9 Å². The molecular weight excluding hydrogens is 288 g/mol. The van der Waals surface area contributed by atoms with Crippen LogP contribution in [-0.2, 0) is 14.6 Å². The van der Waals surface area contributed by atoms with Gasteiger partial charge in [-0.15, -0.1) is 0 Å². The molecule has 1 aromatic rings. The van der Waals surface area contributed by atoms with E-state index in [0.717, 1.165) is 32.2 Å². The van der Waals surface area contributed by atoms with Gasteiger partial charge >= 0.3 is 0 Å². The zero-order valence-corrected chi connectivity index (χ0v) is 12.0. The fourth-order valence-electron chi connectivity index (χ4n) is 1.54. The molecule has 0 saturated heterocycles. The summed E-state index contributed by atoms with van der Waals surface area (Å²) in [6.45, 7) is 2.30. The fraction of sp³-hybridized carbons (Fsp3) is 0.385. The molecule has 4 nitrogen and oxygen atoms in total. The number of sulfone groups is 1. The molecule has 0 heterocycles. The number of halogens is 2. The van der Waals surface area contributed by atoms with Gasteiger partial charge < -0.3 is 0 Å². The Balaban J connectivity index is 3.35. The average molecular weight is 301 g/mol. The van der Waals surface area contributed by atoms with Gasteiger partial charge in [0.15, 0.2) is 15.6 Å². The Bertz CT molecular complexity index is 690. The van der Waals surface area contributed by atoms with Gasteiger partial charge in [0.25, 0.3) is 0 Å². The topological polar surface area (TPSA) is 75.0 Å². The molecule has 0 N–H and O–H groups in total. The van der Waals surface area contributed by atoms with Gasteiger partial charge in [-0.2, -0.15) is 5.26 Å². The highest BCUT2D eigenvalue weighted by atomic mass is 32.2. The lowest BCUT2D eigenvalue weighted by Crippen LogP contribution is -2.42. The van der Waals surface area contributed by atoms with Gasteiger partial charge in [0.1, 0.15) is 22.3 Å². The van der Waals surface area contributed by atoms with Gasteiger partial charge in [-0.05, 0) is 19.9 Å². The SMILES string of the molecule is CC(C)(C(=O)C(C#N)c1ccc(F)cc1F)S(C)(=O)=O. The number of hydrogen-bond donors (Lipinski definition) is 0. The van der Waals surface area contributed by atoms with Crippen molar-refractivity contribution in [1.29, 1.82) is 5.26 Å². The Morgan fingerprint density at radius 2 is 1.90 bits per heavy atom. The van der Waals surface area contributed by atoms with Crippen LogP contribution in [0.2, 0.25) is 0 Å². The van der Waals surface area contributed by atoms with Crippen LogP contribution in [0.5, 0.6) is 0 Å². The lowest BCUT2D eigenvalue weighted by Gasteiger charge is -2.23. The van der Waals surface area contributed by atoms with Crippen LogP contribution in [0, 0.1) is 23.0 Å². The van der Waals surface area contributed by atoms with Gasteiger partial charge in [-0.25, -0.2) is 17.2 Å². The summed E-state index contributed by atoms with van der Waals surface area (Å²) < 4.78 is 47.8. The van der Waals surface area contributed by atoms with E-state index in [1.54, 1.807) is 6.07 Å². The molecule has 0 saturated carbocycles. The van der Waals surface area contributed by atoms with Gasteiger partial charge in [0.2, 0.25) is 0 Å². The smallest absolute Gasteiger partial charge is 0.175 e. The zero-order chi connectivity index (χ0) is 15.7. The number of hydrogen-bond acceptors (Lipinski definition) is 4. The van der Waals surface area contributed by atoms with Crippen LogP contribution in [0.4, 0.5) is 8.78 Å². The van der Waals surface area contributed by atoms with Crippen LogP contribution in [-0.4, -0.2) is 25.2 Å². The van der Waals surface area contributed by atoms with E-state index in [4.69, 9.17) is 5.26 Å². The highest BCUT2D eigenvalue weighted by Crippen LogP contribution is 2.28. The summed E-state index contributed by atoms with van der Waals surface area (Å²) >= 11 is 0. The molecule has 0 fully saturated rings. The molecule has 1 unspecified atom stereocenters. The Morgan fingerprint density at radius 1 is 1.35 bits per heavy atom. The third kappa shape index (κ3) is 2.85. The summed E-state index contributed by atoms with van der Waals surface area (Å²) in [5.74, 6) is -4.47. The van der Waals surface area contributed by atoms with Crippen molar-refractivity contribution in [2.24, 2.45) is 0 Å². The summed E-state index contributed by atoms with van der Waals surface area (Å²) in [5.41, 5.74) is -0.337. The minimum Gasteiger partial charge on any atom is -0.296 e. The summed E-state index contributed by atoms with van der Waals surface area (Å²) in [6.07, 6.45) is 0.861. The maximum atomic E-state index is 13.6. The zero-order valence-electron chi connectivity index (χ0n) is 11.1. The normalized spacial score (nSPS) is 13.6. The largest absolute Gasteiger partial charge is 0.296 e. The predicted molar refractivity (Wildman–Crippen MR) is 68.6 cm³/mol. The van der Waals surface area contributed by atoms with Crippen LogP contribution in [0.1, 0.15) is 25.3 Å². The molecule has 0 aliphatic heterocycles. The van der Waals surface area contributed by atoms with E-state index in [9.17, 15) is 22.0 Å². The quantitative estimate of drug-likeness (QED) is 0.852. The second-order valence-electron chi connectivity index (χ2n) is 4.87. The lowest BCUT2D eigenvalue weighted by atomic mass is 9.89. The summed E-state index contributed by atoms with van der Waals surface area (Å²) in [4.78, 5) is 12.2. The minimum atomic E-state index is -3.78. The van der Waals surface area contributed by atoms with E-state index < -0.39 is 37.9 Å². The molecule has 0 aliphatic rings. The third-order valence-electron chi connectivity index (χ3n) is 3.19. The molecule has 1 rings (SSSR count). The Labute approximate surface area is 115 Å². The molecule has 1 aromatic carbocycles. The van der Waals surface area contributed by atoms with Crippen LogP contribution in [0.3, 0.4) is 0 Å². The van der Waals surface area contributed by atoms with Crippen molar-refractivity contribution in [3.63, 3.8) is 0 Å². The Hall–Kier alpha value is -1.81. The number of benzene rings is 1. The fourth-order valence-corrected chi connectivity index (χ4v) is 2.02. The second-order valence-corrected chi connectivity index (χ2v) is 7.44. The van der Waals surface area contributed by atoms with Crippen molar-refractivity contribution in [2.45, 2.75) is 24.5 Å². The predicted octanol–water partition coefficient (Wildman–Crippen LogP) is 1.96. The van der Waals surface area contributed by atoms with Crippen molar-refractivity contribution in [1.82, 2.24) is 0 Å². The molecule has 20 heavy (non-hydrogen) atoms. The van der Waals surface area contributed by atoms with E-state index in [0.29, 0.717) is 6.07 Å². The van der Waals surface area contributed by atoms with Gasteiger partial charge in [-0.1, -0.05) is 6.07 Å². The van der Waals surface area contributed by atoms with E-state index >= 15 is 0 Å². The van der Waals surface area contributed by atoms with Gasteiger partial charge in [0.05, 0.1) is 6.07 Å². The number of nitrogens with zero attached hydrogens (tertiary/aromatic N) is 1. The Morgan fingerprint density at radius 3 is 2.30 bits per heavy atom. The average Bonchev–Trinajstić information content (AvgIpc) is 2.30. The molecule has 1 atom stereocenters. The number of ketones is 1. The molecule has 0 spiro atoms. The summed E-state index contributed by atoms with van der Waals surface area (Å²) in [7, 11) is -3.78. The number of carbonyl (C=O) groups is 1. The van der Waals surface area contributed by atoms with E-state index in [-0.39, 0.29) is 5.56 Å². The highest BCUT2D eigenvalue weighted by molar-refractivity contribution is 7.92. The van der Waals surface area contributed by atoms with Crippen LogP contribution >= 0.6 is 0 Å².